The molecule has 0 atom stereocenters. The minimum Gasteiger partial charge on any atom is -0.345 e. The molecule has 0 aliphatic rings. The van der Waals surface area contributed by atoms with E-state index < -0.39 is 0 Å². The third-order valence-electron chi connectivity index (χ3n) is 3.71. The lowest BCUT2D eigenvalue weighted by atomic mass is 10.1. The average molecular weight is 378 g/mol. The van der Waals surface area contributed by atoms with Crippen LogP contribution in [-0.4, -0.2) is 47.6 Å². The molecule has 2 amide bonds. The number of aromatic nitrogens is 2. The minimum atomic E-state index is -0.282. The summed E-state index contributed by atoms with van der Waals surface area (Å²) >= 11 is 1.58. The lowest BCUT2D eigenvalue weighted by molar-refractivity contribution is 0.0827. The largest absolute Gasteiger partial charge is 0.345 e. The molecular formula is C20H18N4O2S. The van der Waals surface area contributed by atoms with Crippen LogP contribution in [0.2, 0.25) is 0 Å². The highest BCUT2D eigenvalue weighted by Crippen LogP contribution is 2.22. The van der Waals surface area contributed by atoms with Gasteiger partial charge in [0.2, 0.25) is 0 Å². The van der Waals surface area contributed by atoms with Crippen LogP contribution in [-0.2, 0) is 0 Å². The Morgan fingerprint density at radius 1 is 1.22 bits per heavy atom. The molecule has 27 heavy (non-hydrogen) atoms. The highest BCUT2D eigenvalue weighted by molar-refractivity contribution is 7.13. The van der Waals surface area contributed by atoms with Crippen LogP contribution in [0.15, 0.2) is 47.8 Å². The van der Waals surface area contributed by atoms with E-state index in [2.05, 4.69) is 27.4 Å². The first-order valence-corrected chi connectivity index (χ1v) is 9.10. The highest BCUT2D eigenvalue weighted by Gasteiger charge is 2.11. The Morgan fingerprint density at radius 3 is 2.67 bits per heavy atom. The van der Waals surface area contributed by atoms with E-state index in [9.17, 15) is 9.59 Å². The third-order valence-corrected chi connectivity index (χ3v) is 4.61. The van der Waals surface area contributed by atoms with E-state index in [0.717, 1.165) is 16.1 Å². The van der Waals surface area contributed by atoms with Crippen molar-refractivity contribution < 1.29 is 9.59 Å². The van der Waals surface area contributed by atoms with Crippen molar-refractivity contribution in [1.82, 2.24) is 20.4 Å². The van der Waals surface area contributed by atoms with Gasteiger partial charge in [0.1, 0.15) is 0 Å². The third kappa shape index (κ3) is 4.63. The molecule has 3 aromatic rings. The number of amides is 2. The Labute approximate surface area is 161 Å². The molecule has 2 heterocycles. The topological polar surface area (TPSA) is 78.1 Å². The zero-order chi connectivity index (χ0) is 19.2. The summed E-state index contributed by atoms with van der Waals surface area (Å²) in [5.74, 6) is 5.52. The fraction of sp³-hybridized carbons (Fsp3) is 0.150. The van der Waals surface area contributed by atoms with Crippen LogP contribution in [0, 0.1) is 11.8 Å². The van der Waals surface area contributed by atoms with Gasteiger partial charge in [-0.2, -0.15) is 5.10 Å². The second-order valence-corrected chi connectivity index (χ2v) is 6.85. The van der Waals surface area contributed by atoms with Crippen molar-refractivity contribution in [2.75, 3.05) is 20.6 Å². The maximum absolute atomic E-state index is 12.1. The van der Waals surface area contributed by atoms with Gasteiger partial charge in [-0.15, -0.1) is 11.3 Å². The van der Waals surface area contributed by atoms with E-state index in [0.29, 0.717) is 11.3 Å². The molecule has 1 aromatic carbocycles. The number of carbonyl (C=O) groups excluding carboxylic acids is 2. The van der Waals surface area contributed by atoms with Gasteiger partial charge in [-0.1, -0.05) is 17.9 Å². The summed E-state index contributed by atoms with van der Waals surface area (Å²) < 4.78 is 0. The summed E-state index contributed by atoms with van der Waals surface area (Å²) in [5, 5.41) is 11.6. The van der Waals surface area contributed by atoms with E-state index in [4.69, 9.17) is 0 Å². The van der Waals surface area contributed by atoms with E-state index in [1.165, 1.54) is 4.90 Å². The fourth-order valence-corrected chi connectivity index (χ4v) is 3.00. The summed E-state index contributed by atoms with van der Waals surface area (Å²) in [6.45, 7) is 0.207. The number of hydrogen-bond donors (Lipinski definition) is 2. The van der Waals surface area contributed by atoms with Crippen molar-refractivity contribution in [3.8, 4) is 22.4 Å². The summed E-state index contributed by atoms with van der Waals surface area (Å²) in [7, 11) is 3.42. The van der Waals surface area contributed by atoms with E-state index in [1.54, 1.807) is 55.8 Å². The van der Waals surface area contributed by atoms with Crippen molar-refractivity contribution in [1.29, 1.82) is 0 Å². The SMILES string of the molecule is CN(C)C(=O)c1ccc(C#CCNC(=O)c2cc(-c3cccs3)[nH]n2)cc1. The second-order valence-electron chi connectivity index (χ2n) is 5.91. The Morgan fingerprint density at radius 2 is 2.00 bits per heavy atom. The summed E-state index contributed by atoms with van der Waals surface area (Å²) in [6, 6.07) is 12.7. The highest BCUT2D eigenvalue weighted by atomic mass is 32.1. The van der Waals surface area contributed by atoms with Crippen LogP contribution in [0.5, 0.6) is 0 Å². The predicted molar refractivity (Wildman–Crippen MR) is 106 cm³/mol. The van der Waals surface area contributed by atoms with Crippen molar-refractivity contribution in [3.05, 3.63) is 64.7 Å². The number of benzene rings is 1. The molecule has 0 bridgehead atoms. The lowest BCUT2D eigenvalue weighted by Gasteiger charge is -2.09. The van der Waals surface area contributed by atoms with Gasteiger partial charge in [0, 0.05) is 25.2 Å². The predicted octanol–water partition coefficient (Wildman–Crippen LogP) is 2.62. The van der Waals surface area contributed by atoms with Gasteiger partial charge in [0.15, 0.2) is 5.69 Å². The second kappa shape index (κ2) is 8.34. The summed E-state index contributed by atoms with van der Waals surface area (Å²) in [5.41, 5.74) is 2.53. The van der Waals surface area contributed by atoms with Crippen LogP contribution in [0.1, 0.15) is 26.4 Å². The molecule has 0 radical (unpaired) electrons. The van der Waals surface area contributed by atoms with Gasteiger partial charge >= 0.3 is 0 Å². The normalized spacial score (nSPS) is 10.0. The molecule has 0 fully saturated rings. The van der Waals surface area contributed by atoms with E-state index >= 15 is 0 Å². The fourth-order valence-electron chi connectivity index (χ4n) is 2.31. The van der Waals surface area contributed by atoms with Gasteiger partial charge in [-0.25, -0.2) is 0 Å². The molecule has 6 nitrogen and oxygen atoms in total. The molecule has 7 heteroatoms. The van der Waals surface area contributed by atoms with Crippen LogP contribution in [0.3, 0.4) is 0 Å². The number of nitrogens with zero attached hydrogens (tertiary/aromatic N) is 2. The van der Waals surface area contributed by atoms with Crippen molar-refractivity contribution >= 4 is 23.2 Å². The smallest absolute Gasteiger partial charge is 0.272 e. The number of aromatic amines is 1. The lowest BCUT2D eigenvalue weighted by Crippen LogP contribution is -2.23. The zero-order valence-electron chi connectivity index (χ0n) is 14.9. The Kier molecular flexibility index (Phi) is 5.69. The molecule has 2 aromatic heterocycles. The maximum atomic E-state index is 12.1. The number of rotatable bonds is 4. The van der Waals surface area contributed by atoms with Gasteiger partial charge in [-0.3, -0.25) is 14.7 Å². The Hall–Kier alpha value is -3.37. The Bertz CT molecular complexity index is 993. The van der Waals surface area contributed by atoms with Crippen LogP contribution >= 0.6 is 11.3 Å². The van der Waals surface area contributed by atoms with Crippen LogP contribution in [0.25, 0.3) is 10.6 Å². The zero-order valence-corrected chi connectivity index (χ0v) is 15.8. The summed E-state index contributed by atoms with van der Waals surface area (Å²) in [4.78, 5) is 26.5. The molecule has 0 saturated heterocycles. The molecular weight excluding hydrogens is 360 g/mol. The first-order chi connectivity index (χ1) is 13.0. The first kappa shape index (κ1) is 18.4. The minimum absolute atomic E-state index is 0.0531. The van der Waals surface area contributed by atoms with Gasteiger partial charge in [0.25, 0.3) is 11.8 Å². The monoisotopic (exact) mass is 378 g/mol. The molecule has 0 aliphatic heterocycles. The molecule has 0 saturated carbocycles. The quantitative estimate of drug-likeness (QED) is 0.685. The molecule has 3 rings (SSSR count). The van der Waals surface area contributed by atoms with Gasteiger partial charge in [0.05, 0.1) is 17.1 Å². The number of thiophene rings is 1. The molecule has 2 N–H and O–H groups in total. The van der Waals surface area contributed by atoms with Gasteiger partial charge < -0.3 is 10.2 Å². The maximum Gasteiger partial charge on any atom is 0.272 e. The Balaban J connectivity index is 1.54. The molecule has 0 unspecified atom stereocenters. The first-order valence-electron chi connectivity index (χ1n) is 8.22. The summed E-state index contributed by atoms with van der Waals surface area (Å²) in [6.07, 6.45) is 0. The van der Waals surface area contributed by atoms with E-state index in [-0.39, 0.29) is 18.4 Å². The van der Waals surface area contributed by atoms with Crippen LogP contribution in [0.4, 0.5) is 0 Å². The molecule has 0 spiro atoms. The van der Waals surface area contributed by atoms with Crippen LogP contribution < -0.4 is 5.32 Å². The number of hydrogen-bond acceptors (Lipinski definition) is 4. The van der Waals surface area contributed by atoms with Gasteiger partial charge in [-0.05, 0) is 41.8 Å². The molecule has 136 valence electrons. The number of carbonyl (C=O) groups is 2. The standard InChI is InChI=1S/C20H18N4O2S/c1-24(2)20(26)15-9-7-14(8-10-15)5-3-11-21-19(25)17-13-16(22-23-17)18-6-4-12-27-18/h4,6-10,12-13H,11H2,1-2H3,(H,21,25)(H,22,23). The van der Waals surface area contributed by atoms with Crippen molar-refractivity contribution in [2.45, 2.75) is 0 Å². The number of nitrogens with one attached hydrogen (secondary N) is 2. The van der Waals surface area contributed by atoms with E-state index in [1.807, 2.05) is 17.5 Å². The molecule has 0 aliphatic carbocycles. The average Bonchev–Trinajstić information content (AvgIpc) is 3.36. The van der Waals surface area contributed by atoms with Crippen molar-refractivity contribution in [2.24, 2.45) is 0 Å². The van der Waals surface area contributed by atoms with Crippen molar-refractivity contribution in [3.63, 3.8) is 0 Å². The number of H-pyrrole nitrogens is 1.